The highest BCUT2D eigenvalue weighted by Crippen LogP contribution is 2.27. The van der Waals surface area contributed by atoms with Crippen LogP contribution in [-0.4, -0.2) is 38.0 Å². The van der Waals surface area contributed by atoms with Crippen LogP contribution in [0.15, 0.2) is 4.99 Å². The summed E-state index contributed by atoms with van der Waals surface area (Å²) >= 11 is 0. The van der Waals surface area contributed by atoms with Crippen LogP contribution in [-0.2, 0) is 4.79 Å². The van der Waals surface area contributed by atoms with Crippen molar-refractivity contribution < 1.29 is 4.79 Å². The first-order valence-electron chi connectivity index (χ1n) is 7.89. The summed E-state index contributed by atoms with van der Waals surface area (Å²) in [5.74, 6) is 1.59. The van der Waals surface area contributed by atoms with E-state index in [1.807, 2.05) is 0 Å². The van der Waals surface area contributed by atoms with Gasteiger partial charge in [0, 0.05) is 32.6 Å². The lowest BCUT2D eigenvalue weighted by atomic mass is 10.0. The molecule has 0 radical (unpaired) electrons. The van der Waals surface area contributed by atoms with E-state index in [-0.39, 0.29) is 5.91 Å². The minimum Gasteiger partial charge on any atom is -0.355 e. The maximum Gasteiger partial charge on any atom is 0.220 e. The molecule has 5 nitrogen and oxygen atoms in total. The summed E-state index contributed by atoms with van der Waals surface area (Å²) in [6, 6.07) is 0.401. The van der Waals surface area contributed by atoms with Gasteiger partial charge in [0.1, 0.15) is 0 Å². The largest absolute Gasteiger partial charge is 0.355 e. The number of amides is 1. The van der Waals surface area contributed by atoms with Crippen molar-refractivity contribution in [1.82, 2.24) is 16.0 Å². The summed E-state index contributed by atoms with van der Waals surface area (Å²) in [5, 5.41) is 9.47. The Morgan fingerprint density at radius 3 is 2.50 bits per heavy atom. The molecular weight excluding hydrogens is 252 g/mol. The van der Waals surface area contributed by atoms with E-state index in [0.29, 0.717) is 31.5 Å². The zero-order valence-electron chi connectivity index (χ0n) is 13.2. The molecule has 0 aliphatic heterocycles. The van der Waals surface area contributed by atoms with Crippen LogP contribution in [0.4, 0.5) is 0 Å². The Morgan fingerprint density at radius 1 is 1.25 bits per heavy atom. The van der Waals surface area contributed by atoms with Crippen molar-refractivity contribution in [2.75, 3.05) is 20.1 Å². The molecule has 0 heterocycles. The predicted molar refractivity (Wildman–Crippen MR) is 83.8 cm³/mol. The van der Waals surface area contributed by atoms with Gasteiger partial charge in [-0.2, -0.15) is 0 Å². The first-order chi connectivity index (χ1) is 9.65. The Bertz CT molecular complexity index is 311. The van der Waals surface area contributed by atoms with E-state index in [1.165, 1.54) is 25.7 Å². The van der Waals surface area contributed by atoms with Crippen molar-refractivity contribution in [3.63, 3.8) is 0 Å². The molecule has 1 saturated carbocycles. The van der Waals surface area contributed by atoms with Crippen LogP contribution in [0.1, 0.15) is 52.4 Å². The zero-order chi connectivity index (χ0) is 14.8. The van der Waals surface area contributed by atoms with Crippen LogP contribution in [0, 0.1) is 5.92 Å². The fourth-order valence-electron chi connectivity index (χ4n) is 2.46. The van der Waals surface area contributed by atoms with Gasteiger partial charge in [-0.25, -0.2) is 0 Å². The van der Waals surface area contributed by atoms with Crippen molar-refractivity contribution in [3.05, 3.63) is 0 Å². The van der Waals surface area contributed by atoms with Crippen LogP contribution in [0.25, 0.3) is 0 Å². The summed E-state index contributed by atoms with van der Waals surface area (Å²) in [6.45, 7) is 5.60. The van der Waals surface area contributed by atoms with Gasteiger partial charge in [-0.3, -0.25) is 9.79 Å². The van der Waals surface area contributed by atoms with Gasteiger partial charge in [-0.05, 0) is 32.1 Å². The molecule has 3 N–H and O–H groups in total. The standard InChI is InChI=1S/C15H30N4O/c1-4-12(2)19-15(16-3)18-10-9-17-14(20)11-13-7-5-6-8-13/h12-13H,4-11H2,1-3H3,(H,17,20)(H2,16,18,19). The van der Waals surface area contributed by atoms with E-state index in [4.69, 9.17) is 0 Å². The number of carbonyl (C=O) groups is 1. The number of hydrogen-bond donors (Lipinski definition) is 3. The van der Waals surface area contributed by atoms with Gasteiger partial charge in [0.15, 0.2) is 5.96 Å². The lowest BCUT2D eigenvalue weighted by molar-refractivity contribution is -0.121. The topological polar surface area (TPSA) is 65.5 Å². The molecule has 1 atom stereocenters. The molecule has 1 unspecified atom stereocenters. The molecule has 0 aromatic heterocycles. The second kappa shape index (κ2) is 9.61. The predicted octanol–water partition coefficient (Wildman–Crippen LogP) is 1.65. The lowest BCUT2D eigenvalue weighted by Gasteiger charge is -2.16. The molecule has 1 rings (SSSR count). The summed E-state index contributed by atoms with van der Waals surface area (Å²) in [6.07, 6.45) is 6.77. The minimum atomic E-state index is 0.184. The Kier molecular flexibility index (Phi) is 8.07. The molecule has 116 valence electrons. The number of aliphatic imine (C=N–C) groups is 1. The Morgan fingerprint density at radius 2 is 1.90 bits per heavy atom. The molecule has 1 aliphatic rings. The van der Waals surface area contributed by atoms with Gasteiger partial charge >= 0.3 is 0 Å². The number of hydrogen-bond acceptors (Lipinski definition) is 2. The second-order valence-electron chi connectivity index (χ2n) is 5.66. The zero-order valence-corrected chi connectivity index (χ0v) is 13.2. The maximum atomic E-state index is 11.8. The Hall–Kier alpha value is -1.26. The molecule has 20 heavy (non-hydrogen) atoms. The maximum absolute atomic E-state index is 11.8. The molecule has 1 fully saturated rings. The van der Waals surface area contributed by atoms with Crippen molar-refractivity contribution in [1.29, 1.82) is 0 Å². The van der Waals surface area contributed by atoms with E-state index in [9.17, 15) is 4.79 Å². The Balaban J connectivity index is 2.09. The Labute approximate surface area is 123 Å². The summed E-state index contributed by atoms with van der Waals surface area (Å²) < 4.78 is 0. The van der Waals surface area contributed by atoms with Gasteiger partial charge in [0.05, 0.1) is 0 Å². The van der Waals surface area contributed by atoms with Gasteiger partial charge < -0.3 is 16.0 Å². The van der Waals surface area contributed by atoms with Crippen LogP contribution >= 0.6 is 0 Å². The van der Waals surface area contributed by atoms with E-state index < -0.39 is 0 Å². The normalized spacial score (nSPS) is 17.9. The number of carbonyl (C=O) groups excluding carboxylic acids is 1. The van der Waals surface area contributed by atoms with E-state index in [2.05, 4.69) is 34.8 Å². The molecule has 0 spiro atoms. The molecule has 0 bridgehead atoms. The third-order valence-corrected chi connectivity index (χ3v) is 3.91. The van der Waals surface area contributed by atoms with E-state index in [1.54, 1.807) is 7.05 Å². The van der Waals surface area contributed by atoms with Gasteiger partial charge in [-0.15, -0.1) is 0 Å². The van der Waals surface area contributed by atoms with Crippen molar-refractivity contribution >= 4 is 11.9 Å². The highest BCUT2D eigenvalue weighted by atomic mass is 16.1. The first kappa shape index (κ1) is 16.8. The van der Waals surface area contributed by atoms with Crippen LogP contribution in [0.2, 0.25) is 0 Å². The van der Waals surface area contributed by atoms with Gasteiger partial charge in [0.25, 0.3) is 0 Å². The number of nitrogens with zero attached hydrogens (tertiary/aromatic N) is 1. The molecule has 1 amide bonds. The number of rotatable bonds is 7. The van der Waals surface area contributed by atoms with Crippen molar-refractivity contribution in [3.8, 4) is 0 Å². The summed E-state index contributed by atoms with van der Waals surface area (Å²) in [4.78, 5) is 15.9. The van der Waals surface area contributed by atoms with E-state index >= 15 is 0 Å². The summed E-state index contributed by atoms with van der Waals surface area (Å²) in [7, 11) is 1.76. The molecule has 0 aromatic rings. The highest BCUT2D eigenvalue weighted by molar-refractivity contribution is 5.80. The smallest absolute Gasteiger partial charge is 0.220 e. The first-order valence-corrected chi connectivity index (χ1v) is 7.89. The van der Waals surface area contributed by atoms with Crippen LogP contribution in [0.5, 0.6) is 0 Å². The average molecular weight is 282 g/mol. The van der Waals surface area contributed by atoms with Gasteiger partial charge in [0.2, 0.25) is 5.91 Å². The average Bonchev–Trinajstić information content (AvgIpc) is 2.94. The molecule has 5 heteroatoms. The quantitative estimate of drug-likeness (QED) is 0.378. The highest BCUT2D eigenvalue weighted by Gasteiger charge is 2.17. The van der Waals surface area contributed by atoms with E-state index in [0.717, 1.165) is 12.4 Å². The van der Waals surface area contributed by atoms with Crippen molar-refractivity contribution in [2.24, 2.45) is 10.9 Å². The summed E-state index contributed by atoms with van der Waals surface area (Å²) in [5.41, 5.74) is 0. The fraction of sp³-hybridized carbons (Fsp3) is 0.867. The molecule has 1 aliphatic carbocycles. The SMILES string of the molecule is CCC(C)NC(=NC)NCCNC(=O)CC1CCCC1. The second-order valence-corrected chi connectivity index (χ2v) is 5.66. The van der Waals surface area contributed by atoms with Crippen LogP contribution < -0.4 is 16.0 Å². The number of nitrogens with one attached hydrogen (secondary N) is 3. The number of guanidine groups is 1. The fourth-order valence-corrected chi connectivity index (χ4v) is 2.46. The monoisotopic (exact) mass is 282 g/mol. The minimum absolute atomic E-state index is 0.184. The van der Waals surface area contributed by atoms with Gasteiger partial charge in [-0.1, -0.05) is 19.8 Å². The molecule has 0 saturated heterocycles. The van der Waals surface area contributed by atoms with Crippen LogP contribution in [0.3, 0.4) is 0 Å². The third-order valence-electron chi connectivity index (χ3n) is 3.91. The van der Waals surface area contributed by atoms with Crippen molar-refractivity contribution in [2.45, 2.75) is 58.4 Å². The molecular formula is C15H30N4O. The third kappa shape index (κ3) is 6.78. The molecule has 0 aromatic carbocycles. The lowest BCUT2D eigenvalue weighted by Crippen LogP contribution is -2.44.